The van der Waals surface area contributed by atoms with Crippen molar-refractivity contribution in [1.29, 1.82) is 0 Å². The molecule has 8 heteroatoms. The number of nitrogens with one attached hydrogen (secondary N) is 2. The quantitative estimate of drug-likeness (QED) is 0.278. The summed E-state index contributed by atoms with van der Waals surface area (Å²) in [5.41, 5.74) is 15.7. The number of aliphatic imine (C=N–C) groups is 2. The Morgan fingerprint density at radius 2 is 0.833 bits per heavy atom. The van der Waals surface area contributed by atoms with Crippen molar-refractivity contribution in [3.8, 4) is 0 Å². The minimum Gasteiger partial charge on any atom is -0.383 e. The zero-order valence-corrected chi connectivity index (χ0v) is 20.9. The maximum Gasteiger partial charge on any atom is 0.255 e. The van der Waals surface area contributed by atoms with Gasteiger partial charge in [-0.05, 0) is 100 Å². The van der Waals surface area contributed by atoms with E-state index < -0.39 is 0 Å². The second-order valence-corrected chi connectivity index (χ2v) is 8.86. The van der Waals surface area contributed by atoms with Gasteiger partial charge in [0.1, 0.15) is 11.7 Å². The molecular weight excluding hydrogens is 452 g/mol. The molecule has 3 rings (SSSR count). The zero-order valence-electron chi connectivity index (χ0n) is 20.9. The number of nitrogens with zero attached hydrogens (tertiary/aromatic N) is 2. The molecule has 36 heavy (non-hydrogen) atoms. The first-order valence-electron chi connectivity index (χ1n) is 11.7. The van der Waals surface area contributed by atoms with Crippen molar-refractivity contribution in [3.63, 3.8) is 0 Å². The van der Waals surface area contributed by atoms with Gasteiger partial charge in [0.2, 0.25) is 0 Å². The van der Waals surface area contributed by atoms with Crippen LogP contribution in [0.15, 0.2) is 82.8 Å². The van der Waals surface area contributed by atoms with E-state index >= 15 is 0 Å². The number of nitrogens with two attached hydrogens (primary N) is 2. The molecular formula is C28H32N6O2. The molecule has 0 aliphatic heterocycles. The molecule has 0 aliphatic rings. The van der Waals surface area contributed by atoms with Crippen molar-refractivity contribution in [1.82, 2.24) is 0 Å². The van der Waals surface area contributed by atoms with E-state index in [9.17, 15) is 9.59 Å². The average Bonchev–Trinajstić information content (AvgIpc) is 2.84. The summed E-state index contributed by atoms with van der Waals surface area (Å²) in [5.74, 6) is 0.345. The molecule has 186 valence electrons. The van der Waals surface area contributed by atoms with Crippen LogP contribution in [-0.2, 0) is 0 Å². The molecule has 0 saturated carbocycles. The van der Waals surface area contributed by atoms with Crippen molar-refractivity contribution in [3.05, 3.63) is 95.1 Å². The normalized spacial score (nSPS) is 12.1. The fourth-order valence-corrected chi connectivity index (χ4v) is 3.33. The molecule has 3 aromatic carbocycles. The van der Waals surface area contributed by atoms with E-state index in [0.717, 1.165) is 11.1 Å². The first-order valence-corrected chi connectivity index (χ1v) is 11.7. The highest BCUT2D eigenvalue weighted by atomic mass is 16.2. The lowest BCUT2D eigenvalue weighted by Gasteiger charge is -2.09. The fraction of sp³-hybridized carbons (Fsp3) is 0.214. The summed E-state index contributed by atoms with van der Waals surface area (Å²) in [5, 5.41) is 5.68. The Morgan fingerprint density at radius 3 is 1.11 bits per heavy atom. The van der Waals surface area contributed by atoms with Crippen LogP contribution >= 0.6 is 0 Å². The van der Waals surface area contributed by atoms with Crippen molar-refractivity contribution >= 4 is 34.9 Å². The summed E-state index contributed by atoms with van der Waals surface area (Å²) in [6, 6.07) is 20.9. The molecule has 3 aromatic rings. The molecule has 0 atom stereocenters. The SMILES string of the molecule is CC(C)N=C(N)c1ccc(NC(=O)c2ccc(C(=O)Nc3ccc(C(N)=NC(C)C)cc3)cc2)cc1. The van der Waals surface area contributed by atoms with Crippen LogP contribution in [0.25, 0.3) is 0 Å². The van der Waals surface area contributed by atoms with Crippen LogP contribution in [0.1, 0.15) is 59.5 Å². The molecule has 0 fully saturated rings. The summed E-state index contributed by atoms with van der Waals surface area (Å²) in [4.78, 5) is 33.9. The third kappa shape index (κ3) is 7.27. The molecule has 0 aliphatic carbocycles. The Bertz CT molecular complexity index is 1160. The van der Waals surface area contributed by atoms with Gasteiger partial charge in [0, 0.05) is 45.7 Å². The third-order valence-corrected chi connectivity index (χ3v) is 5.08. The minimum absolute atomic E-state index is 0.101. The molecule has 8 nitrogen and oxygen atoms in total. The van der Waals surface area contributed by atoms with E-state index in [2.05, 4.69) is 20.6 Å². The Labute approximate surface area is 211 Å². The summed E-state index contributed by atoms with van der Waals surface area (Å²) in [7, 11) is 0. The predicted octanol–water partition coefficient (Wildman–Crippen LogP) is 4.42. The van der Waals surface area contributed by atoms with Gasteiger partial charge in [-0.3, -0.25) is 19.6 Å². The second-order valence-electron chi connectivity index (χ2n) is 8.86. The molecule has 0 bridgehead atoms. The minimum atomic E-state index is -0.283. The van der Waals surface area contributed by atoms with E-state index in [4.69, 9.17) is 11.5 Å². The van der Waals surface area contributed by atoms with Gasteiger partial charge in [-0.1, -0.05) is 0 Å². The van der Waals surface area contributed by atoms with Gasteiger partial charge in [0.15, 0.2) is 0 Å². The van der Waals surface area contributed by atoms with E-state index in [1.165, 1.54) is 0 Å². The van der Waals surface area contributed by atoms with Gasteiger partial charge in [0.05, 0.1) is 0 Å². The lowest BCUT2D eigenvalue weighted by atomic mass is 10.1. The van der Waals surface area contributed by atoms with Gasteiger partial charge in [-0.15, -0.1) is 0 Å². The molecule has 6 N–H and O–H groups in total. The molecule has 0 aromatic heterocycles. The summed E-state index contributed by atoms with van der Waals surface area (Å²) in [6.07, 6.45) is 0. The highest BCUT2D eigenvalue weighted by Crippen LogP contribution is 2.15. The van der Waals surface area contributed by atoms with Crippen LogP contribution in [0.3, 0.4) is 0 Å². The molecule has 0 heterocycles. The molecule has 0 radical (unpaired) electrons. The molecule has 0 unspecified atom stereocenters. The number of hydrogen-bond donors (Lipinski definition) is 4. The first-order chi connectivity index (χ1) is 17.1. The smallest absolute Gasteiger partial charge is 0.255 e. The number of carbonyl (C=O) groups excluding carboxylic acids is 2. The van der Waals surface area contributed by atoms with Crippen molar-refractivity contribution in [2.24, 2.45) is 21.5 Å². The highest BCUT2D eigenvalue weighted by molar-refractivity contribution is 6.07. The number of amidine groups is 2. The Balaban J connectivity index is 1.60. The lowest BCUT2D eigenvalue weighted by Crippen LogP contribution is -2.17. The Hall–Kier alpha value is -4.46. The van der Waals surface area contributed by atoms with Crippen LogP contribution in [0.5, 0.6) is 0 Å². The van der Waals surface area contributed by atoms with Crippen LogP contribution in [0.2, 0.25) is 0 Å². The van der Waals surface area contributed by atoms with Crippen molar-refractivity contribution in [2.45, 2.75) is 39.8 Å². The van der Waals surface area contributed by atoms with Gasteiger partial charge in [0.25, 0.3) is 11.8 Å². The summed E-state index contributed by atoms with van der Waals surface area (Å²) in [6.45, 7) is 7.81. The van der Waals surface area contributed by atoms with Gasteiger partial charge in [-0.2, -0.15) is 0 Å². The van der Waals surface area contributed by atoms with Crippen LogP contribution < -0.4 is 22.1 Å². The highest BCUT2D eigenvalue weighted by Gasteiger charge is 2.11. The average molecular weight is 485 g/mol. The van der Waals surface area contributed by atoms with Crippen molar-refractivity contribution in [2.75, 3.05) is 10.6 Å². The van der Waals surface area contributed by atoms with Crippen LogP contribution in [0.4, 0.5) is 11.4 Å². The number of amides is 2. The zero-order chi connectivity index (χ0) is 26.2. The number of rotatable bonds is 8. The van der Waals surface area contributed by atoms with E-state index in [1.807, 2.05) is 52.0 Å². The summed E-state index contributed by atoms with van der Waals surface area (Å²) < 4.78 is 0. The van der Waals surface area contributed by atoms with E-state index in [1.54, 1.807) is 48.5 Å². The maximum absolute atomic E-state index is 12.6. The lowest BCUT2D eigenvalue weighted by molar-refractivity contribution is 0.101. The summed E-state index contributed by atoms with van der Waals surface area (Å²) >= 11 is 0. The van der Waals surface area contributed by atoms with Gasteiger partial charge >= 0.3 is 0 Å². The number of hydrogen-bond acceptors (Lipinski definition) is 4. The fourth-order valence-electron chi connectivity index (χ4n) is 3.33. The van der Waals surface area contributed by atoms with Gasteiger partial charge in [-0.25, -0.2) is 0 Å². The number of carbonyl (C=O) groups is 2. The monoisotopic (exact) mass is 484 g/mol. The molecule has 0 saturated heterocycles. The van der Waals surface area contributed by atoms with E-state index in [0.29, 0.717) is 34.2 Å². The van der Waals surface area contributed by atoms with Crippen LogP contribution in [-0.4, -0.2) is 35.6 Å². The maximum atomic E-state index is 12.6. The van der Waals surface area contributed by atoms with E-state index in [-0.39, 0.29) is 23.9 Å². The van der Waals surface area contributed by atoms with Crippen molar-refractivity contribution < 1.29 is 9.59 Å². The number of anilines is 2. The molecule has 0 spiro atoms. The largest absolute Gasteiger partial charge is 0.383 e. The predicted molar refractivity (Wildman–Crippen MR) is 147 cm³/mol. The molecule has 2 amide bonds. The van der Waals surface area contributed by atoms with Gasteiger partial charge < -0.3 is 22.1 Å². The Morgan fingerprint density at radius 1 is 0.556 bits per heavy atom. The second kappa shape index (κ2) is 11.8. The topological polar surface area (TPSA) is 135 Å². The standard InChI is InChI=1S/C28H32N6O2/c1-17(2)31-25(29)19-9-13-23(14-10-19)33-27(35)21-5-7-22(8-6-21)28(36)34-24-15-11-20(12-16-24)26(30)32-18(3)4/h5-18H,1-4H3,(H2,29,31)(H2,30,32)(H,33,35)(H,34,36). The third-order valence-electron chi connectivity index (χ3n) is 5.08. The first kappa shape index (κ1) is 26.2. The Kier molecular flexibility index (Phi) is 8.57. The van der Waals surface area contributed by atoms with Crippen LogP contribution in [0, 0.1) is 0 Å². The number of benzene rings is 3.